The first kappa shape index (κ1) is 16.0. The Morgan fingerprint density at radius 1 is 1.15 bits per heavy atom. The van der Waals surface area contributed by atoms with E-state index < -0.39 is 29.1 Å². The summed E-state index contributed by atoms with van der Waals surface area (Å²) in [7, 11) is 0. The number of nitrogens with one attached hydrogen (secondary N) is 2. The van der Waals surface area contributed by atoms with Crippen molar-refractivity contribution in [2.45, 2.75) is 26.4 Å². The summed E-state index contributed by atoms with van der Waals surface area (Å²) in [6.45, 7) is 3.61. The van der Waals surface area contributed by atoms with Crippen LogP contribution in [0.15, 0.2) is 24.3 Å². The van der Waals surface area contributed by atoms with Crippen LogP contribution in [0.1, 0.15) is 36.2 Å². The number of hydrazine groups is 1. The Bertz CT molecular complexity index is 499. The smallest absolute Gasteiger partial charge is 0.273 e. The van der Waals surface area contributed by atoms with Gasteiger partial charge in [0, 0.05) is 6.42 Å². The van der Waals surface area contributed by atoms with E-state index in [2.05, 4.69) is 5.43 Å². The number of rotatable bonds is 3. The van der Waals surface area contributed by atoms with Crippen LogP contribution in [0, 0.1) is 5.92 Å². The van der Waals surface area contributed by atoms with Crippen molar-refractivity contribution >= 4 is 11.8 Å². The molecule has 0 saturated heterocycles. The highest BCUT2D eigenvalue weighted by molar-refractivity contribution is 5.96. The van der Waals surface area contributed by atoms with E-state index in [4.69, 9.17) is 0 Å². The summed E-state index contributed by atoms with van der Waals surface area (Å²) in [5, 5.41) is 0. The Balaban J connectivity index is 2.76. The molecule has 1 rings (SSSR count). The van der Waals surface area contributed by atoms with Gasteiger partial charge in [0.2, 0.25) is 5.91 Å². The quantitative estimate of drug-likeness (QED) is 0.840. The first-order valence-electron chi connectivity index (χ1n) is 5.97. The third-order valence-corrected chi connectivity index (χ3v) is 2.39. The molecule has 2 amide bonds. The van der Waals surface area contributed by atoms with Gasteiger partial charge in [0.25, 0.3) is 5.91 Å². The van der Waals surface area contributed by atoms with Crippen molar-refractivity contribution < 1.29 is 22.8 Å². The van der Waals surface area contributed by atoms with E-state index in [0.717, 1.165) is 12.1 Å². The Morgan fingerprint density at radius 2 is 1.75 bits per heavy atom. The topological polar surface area (TPSA) is 58.2 Å². The summed E-state index contributed by atoms with van der Waals surface area (Å²) < 4.78 is 38.1. The summed E-state index contributed by atoms with van der Waals surface area (Å²) in [5.74, 6) is -1.39. The van der Waals surface area contributed by atoms with E-state index in [-0.39, 0.29) is 12.3 Å². The summed E-state index contributed by atoms with van der Waals surface area (Å²) in [6, 6.07) is 4.37. The lowest BCUT2D eigenvalue weighted by molar-refractivity contribution is -0.137. The first-order chi connectivity index (χ1) is 9.21. The average molecular weight is 288 g/mol. The Labute approximate surface area is 114 Å². The minimum atomic E-state index is -4.63. The fraction of sp³-hybridized carbons (Fsp3) is 0.385. The second-order valence-corrected chi connectivity index (χ2v) is 4.64. The molecular weight excluding hydrogens is 273 g/mol. The third kappa shape index (κ3) is 4.56. The molecule has 0 aliphatic rings. The van der Waals surface area contributed by atoms with Gasteiger partial charge in [-0.05, 0) is 18.1 Å². The Morgan fingerprint density at radius 3 is 2.30 bits per heavy atom. The third-order valence-electron chi connectivity index (χ3n) is 2.39. The summed E-state index contributed by atoms with van der Waals surface area (Å²) in [6.07, 6.45) is -4.46. The fourth-order valence-electron chi connectivity index (χ4n) is 1.54. The number of hydrogen-bond donors (Lipinski definition) is 2. The van der Waals surface area contributed by atoms with Crippen molar-refractivity contribution in [3.8, 4) is 0 Å². The Kier molecular flexibility index (Phi) is 5.12. The van der Waals surface area contributed by atoms with E-state index in [1.165, 1.54) is 12.1 Å². The molecule has 7 heteroatoms. The molecule has 0 aliphatic heterocycles. The highest BCUT2D eigenvalue weighted by Crippen LogP contribution is 2.31. The monoisotopic (exact) mass is 288 g/mol. The van der Waals surface area contributed by atoms with E-state index in [9.17, 15) is 22.8 Å². The fourth-order valence-corrected chi connectivity index (χ4v) is 1.54. The second-order valence-electron chi connectivity index (χ2n) is 4.64. The van der Waals surface area contributed by atoms with Crippen LogP contribution >= 0.6 is 0 Å². The SMILES string of the molecule is CC(C)CC(=O)NNC(=O)c1ccccc1C(F)(F)F. The van der Waals surface area contributed by atoms with Crippen LogP contribution in [0.2, 0.25) is 0 Å². The molecule has 1 aromatic carbocycles. The van der Waals surface area contributed by atoms with Crippen molar-refractivity contribution in [2.24, 2.45) is 5.92 Å². The molecule has 0 bridgehead atoms. The molecule has 2 N–H and O–H groups in total. The van der Waals surface area contributed by atoms with Crippen molar-refractivity contribution in [3.05, 3.63) is 35.4 Å². The predicted octanol–water partition coefficient (Wildman–Crippen LogP) is 2.51. The number of hydrogen-bond acceptors (Lipinski definition) is 2. The Hall–Kier alpha value is -2.05. The number of benzene rings is 1. The molecule has 0 radical (unpaired) electrons. The maximum Gasteiger partial charge on any atom is 0.417 e. The van der Waals surface area contributed by atoms with Gasteiger partial charge in [0.05, 0.1) is 11.1 Å². The maximum atomic E-state index is 12.7. The van der Waals surface area contributed by atoms with E-state index in [0.29, 0.717) is 0 Å². The second kappa shape index (κ2) is 6.40. The zero-order valence-electron chi connectivity index (χ0n) is 11.0. The molecule has 0 heterocycles. The normalized spacial score (nSPS) is 11.3. The lowest BCUT2D eigenvalue weighted by Gasteiger charge is -2.13. The highest BCUT2D eigenvalue weighted by atomic mass is 19.4. The predicted molar refractivity (Wildman–Crippen MR) is 66.5 cm³/mol. The minimum absolute atomic E-state index is 0.0781. The van der Waals surface area contributed by atoms with Gasteiger partial charge >= 0.3 is 6.18 Å². The zero-order chi connectivity index (χ0) is 15.3. The molecule has 4 nitrogen and oxygen atoms in total. The van der Waals surface area contributed by atoms with Crippen molar-refractivity contribution in [1.29, 1.82) is 0 Å². The molecule has 1 aromatic rings. The molecule has 0 unspecified atom stereocenters. The minimum Gasteiger partial charge on any atom is -0.273 e. The van der Waals surface area contributed by atoms with Crippen molar-refractivity contribution in [1.82, 2.24) is 10.9 Å². The number of alkyl halides is 3. The lowest BCUT2D eigenvalue weighted by atomic mass is 10.1. The summed E-state index contributed by atoms with van der Waals surface area (Å²) in [5.41, 5.74) is 2.48. The number of carbonyl (C=O) groups is 2. The molecule has 0 aliphatic carbocycles. The van der Waals surface area contributed by atoms with Crippen LogP contribution in [-0.2, 0) is 11.0 Å². The van der Waals surface area contributed by atoms with Gasteiger partial charge in [-0.1, -0.05) is 26.0 Å². The van der Waals surface area contributed by atoms with Crippen molar-refractivity contribution in [3.63, 3.8) is 0 Å². The van der Waals surface area contributed by atoms with Gasteiger partial charge in [0.1, 0.15) is 0 Å². The van der Waals surface area contributed by atoms with Gasteiger partial charge in [-0.3, -0.25) is 20.4 Å². The standard InChI is InChI=1S/C13H15F3N2O2/c1-8(2)7-11(19)17-18-12(20)9-5-3-4-6-10(9)13(14,15)16/h3-6,8H,7H2,1-2H3,(H,17,19)(H,18,20). The largest absolute Gasteiger partial charge is 0.417 e. The van der Waals surface area contributed by atoms with E-state index >= 15 is 0 Å². The molecule has 0 fully saturated rings. The average Bonchev–Trinajstić information content (AvgIpc) is 2.34. The highest BCUT2D eigenvalue weighted by Gasteiger charge is 2.34. The summed E-state index contributed by atoms with van der Waals surface area (Å²) >= 11 is 0. The van der Waals surface area contributed by atoms with Gasteiger partial charge in [0.15, 0.2) is 0 Å². The molecule has 110 valence electrons. The molecular formula is C13H15F3N2O2. The number of amides is 2. The van der Waals surface area contributed by atoms with E-state index in [1.807, 2.05) is 5.43 Å². The molecule has 0 atom stereocenters. The molecule has 0 spiro atoms. The van der Waals surface area contributed by atoms with Crippen LogP contribution in [-0.4, -0.2) is 11.8 Å². The van der Waals surface area contributed by atoms with E-state index in [1.54, 1.807) is 13.8 Å². The van der Waals surface area contributed by atoms with Gasteiger partial charge in [-0.2, -0.15) is 13.2 Å². The maximum absolute atomic E-state index is 12.7. The van der Waals surface area contributed by atoms with Crippen LogP contribution < -0.4 is 10.9 Å². The van der Waals surface area contributed by atoms with Crippen molar-refractivity contribution in [2.75, 3.05) is 0 Å². The summed E-state index contributed by atoms with van der Waals surface area (Å²) in [4.78, 5) is 23.0. The van der Waals surface area contributed by atoms with Crippen LogP contribution in [0.4, 0.5) is 13.2 Å². The molecule has 0 aromatic heterocycles. The lowest BCUT2D eigenvalue weighted by Crippen LogP contribution is -2.42. The van der Waals surface area contributed by atoms with Crippen LogP contribution in [0.5, 0.6) is 0 Å². The van der Waals surface area contributed by atoms with Gasteiger partial charge < -0.3 is 0 Å². The van der Waals surface area contributed by atoms with Gasteiger partial charge in [-0.25, -0.2) is 0 Å². The van der Waals surface area contributed by atoms with Crippen LogP contribution in [0.3, 0.4) is 0 Å². The number of carbonyl (C=O) groups excluding carboxylic acids is 2. The van der Waals surface area contributed by atoms with Gasteiger partial charge in [-0.15, -0.1) is 0 Å². The zero-order valence-corrected chi connectivity index (χ0v) is 11.0. The van der Waals surface area contributed by atoms with Crippen LogP contribution in [0.25, 0.3) is 0 Å². The molecule has 20 heavy (non-hydrogen) atoms. The number of halogens is 3. The molecule has 0 saturated carbocycles. The first-order valence-corrected chi connectivity index (χ1v) is 5.97.